The lowest BCUT2D eigenvalue weighted by molar-refractivity contribution is 0.669. The van der Waals surface area contributed by atoms with Crippen molar-refractivity contribution in [3.05, 3.63) is 259 Å². The van der Waals surface area contributed by atoms with Crippen LogP contribution in [0.2, 0.25) is 0 Å². The van der Waals surface area contributed by atoms with Crippen molar-refractivity contribution in [2.45, 2.75) is 5.41 Å². The maximum atomic E-state index is 6.15. The van der Waals surface area contributed by atoms with Crippen LogP contribution in [0.1, 0.15) is 22.3 Å². The summed E-state index contributed by atoms with van der Waals surface area (Å²) < 4.78 is 6.15. The van der Waals surface area contributed by atoms with E-state index in [-0.39, 0.29) is 0 Å². The Kier molecular flexibility index (Phi) is 8.62. The second-order valence-corrected chi connectivity index (χ2v) is 17.1. The van der Waals surface area contributed by atoms with Crippen LogP contribution in [-0.2, 0) is 5.41 Å². The fourth-order valence-electron chi connectivity index (χ4n) is 9.75. The van der Waals surface area contributed by atoms with Crippen molar-refractivity contribution >= 4 is 50.3 Å². The van der Waals surface area contributed by atoms with Crippen LogP contribution in [0.5, 0.6) is 0 Å². The molecule has 0 radical (unpaired) electrons. The first-order chi connectivity index (χ1) is 30.7. The van der Waals surface area contributed by atoms with E-state index in [2.05, 4.69) is 229 Å². The summed E-state index contributed by atoms with van der Waals surface area (Å²) in [5.41, 5.74) is 17.1. The van der Waals surface area contributed by atoms with E-state index in [0.29, 0.717) is 0 Å². The molecule has 0 N–H and O–H groups in total. The number of furan rings is 1. The van der Waals surface area contributed by atoms with Crippen molar-refractivity contribution < 1.29 is 4.42 Å². The summed E-state index contributed by atoms with van der Waals surface area (Å²) in [5, 5.41) is 2.27. The molecule has 1 aliphatic carbocycles. The minimum Gasteiger partial charge on any atom is -0.456 e. The van der Waals surface area contributed by atoms with Gasteiger partial charge in [-0.1, -0.05) is 170 Å². The molecular weight excluding hydrogens is 771 g/mol. The zero-order valence-corrected chi connectivity index (χ0v) is 34.6. The van der Waals surface area contributed by atoms with Crippen LogP contribution in [0.25, 0.3) is 65.1 Å². The molecule has 0 saturated carbocycles. The Labute approximate surface area is 365 Å². The third-order valence-corrected chi connectivity index (χ3v) is 13.8. The first kappa shape index (κ1) is 36.2. The molecule has 0 aliphatic heterocycles. The van der Waals surface area contributed by atoms with Gasteiger partial charge in [-0.25, -0.2) is 0 Å². The number of thiophene rings is 1. The molecule has 2 nitrogen and oxygen atoms in total. The van der Waals surface area contributed by atoms with Gasteiger partial charge >= 0.3 is 0 Å². The number of rotatable bonds is 8. The molecule has 0 unspecified atom stereocenters. The lowest BCUT2D eigenvalue weighted by Crippen LogP contribution is -2.28. The molecule has 292 valence electrons. The van der Waals surface area contributed by atoms with Crippen molar-refractivity contribution in [3.63, 3.8) is 0 Å². The highest BCUT2D eigenvalue weighted by Gasteiger charge is 2.45. The molecule has 0 bridgehead atoms. The lowest BCUT2D eigenvalue weighted by atomic mass is 9.68. The standard InChI is InChI=1S/C59H39NOS/c1-3-13-41(14-4-1)57-37-38-58(62-57)42-25-32-47(33-26-42)60(46-30-23-40(24-31-46)43-27-36-56-52(39-43)51-19-9-12-22-55(51)61-56)48-34-28-45(29-35-48)59(44-15-5-2-6-16-44)53-20-10-7-17-49(53)50-18-8-11-21-54(50)59/h1-39H. The lowest BCUT2D eigenvalue weighted by Gasteiger charge is -2.34. The second kappa shape index (κ2) is 14.8. The zero-order chi connectivity index (χ0) is 41.0. The Morgan fingerprint density at radius 1 is 0.339 bits per heavy atom. The zero-order valence-electron chi connectivity index (χ0n) is 33.8. The molecule has 62 heavy (non-hydrogen) atoms. The molecule has 9 aromatic carbocycles. The van der Waals surface area contributed by atoms with E-state index >= 15 is 0 Å². The van der Waals surface area contributed by atoms with Crippen LogP contribution in [0.3, 0.4) is 0 Å². The summed E-state index contributed by atoms with van der Waals surface area (Å²) in [6.07, 6.45) is 0. The Hall–Kier alpha value is -7.72. The first-order valence-electron chi connectivity index (χ1n) is 21.2. The van der Waals surface area contributed by atoms with Crippen molar-refractivity contribution in [2.24, 2.45) is 0 Å². The molecule has 0 fully saturated rings. The molecule has 0 saturated heterocycles. The Morgan fingerprint density at radius 3 is 1.45 bits per heavy atom. The summed E-state index contributed by atoms with van der Waals surface area (Å²) >= 11 is 1.83. The van der Waals surface area contributed by atoms with Gasteiger partial charge in [-0.2, -0.15) is 0 Å². The second-order valence-electron chi connectivity index (χ2n) is 16.0. The highest BCUT2D eigenvalue weighted by molar-refractivity contribution is 7.18. The van der Waals surface area contributed by atoms with Gasteiger partial charge in [0.15, 0.2) is 0 Å². The van der Waals surface area contributed by atoms with Gasteiger partial charge in [0.05, 0.1) is 5.41 Å². The Bertz CT molecular complexity index is 3340. The average Bonchev–Trinajstić information content (AvgIpc) is 4.07. The van der Waals surface area contributed by atoms with E-state index in [1.807, 2.05) is 23.5 Å². The monoisotopic (exact) mass is 809 g/mol. The maximum Gasteiger partial charge on any atom is 0.135 e. The molecule has 2 heterocycles. The van der Waals surface area contributed by atoms with Crippen LogP contribution in [0.15, 0.2) is 241 Å². The summed E-state index contributed by atoms with van der Waals surface area (Å²) in [6.45, 7) is 0. The molecule has 1 aliphatic rings. The summed E-state index contributed by atoms with van der Waals surface area (Å²) in [4.78, 5) is 4.90. The van der Waals surface area contributed by atoms with Gasteiger partial charge < -0.3 is 9.32 Å². The molecule has 11 aromatic rings. The highest BCUT2D eigenvalue weighted by atomic mass is 32.1. The van der Waals surface area contributed by atoms with E-state index in [4.69, 9.17) is 4.42 Å². The van der Waals surface area contributed by atoms with Crippen LogP contribution in [0.4, 0.5) is 17.1 Å². The maximum absolute atomic E-state index is 6.15. The third kappa shape index (κ3) is 5.85. The van der Waals surface area contributed by atoms with Gasteiger partial charge in [0, 0.05) is 37.6 Å². The normalized spacial score (nSPS) is 12.6. The van der Waals surface area contributed by atoms with Crippen molar-refractivity contribution in [1.82, 2.24) is 0 Å². The van der Waals surface area contributed by atoms with Gasteiger partial charge in [-0.3, -0.25) is 0 Å². The van der Waals surface area contributed by atoms with E-state index in [1.165, 1.54) is 54.3 Å². The minimum absolute atomic E-state index is 0.457. The van der Waals surface area contributed by atoms with Crippen molar-refractivity contribution in [2.75, 3.05) is 4.90 Å². The predicted octanol–water partition coefficient (Wildman–Crippen LogP) is 16.5. The third-order valence-electron chi connectivity index (χ3n) is 12.6. The van der Waals surface area contributed by atoms with Gasteiger partial charge in [0.2, 0.25) is 0 Å². The topological polar surface area (TPSA) is 16.4 Å². The Morgan fingerprint density at radius 2 is 0.806 bits per heavy atom. The molecule has 0 atom stereocenters. The fourth-order valence-corrected chi connectivity index (χ4v) is 10.8. The van der Waals surface area contributed by atoms with Crippen LogP contribution >= 0.6 is 11.3 Å². The quantitative estimate of drug-likeness (QED) is 0.152. The molecule has 3 heteroatoms. The number of anilines is 3. The van der Waals surface area contributed by atoms with Crippen LogP contribution < -0.4 is 4.90 Å². The van der Waals surface area contributed by atoms with Crippen molar-refractivity contribution in [3.8, 4) is 43.1 Å². The van der Waals surface area contributed by atoms with Gasteiger partial charge in [-0.05, 0) is 122 Å². The molecule has 0 spiro atoms. The number of hydrogen-bond acceptors (Lipinski definition) is 3. The highest BCUT2D eigenvalue weighted by Crippen LogP contribution is 2.56. The number of hydrogen-bond donors (Lipinski definition) is 0. The SMILES string of the molecule is c1ccc(-c2ccc(-c3ccc(N(c4ccc(-c5ccc6oc7ccccc7c6c5)cc4)c4ccc(C5(c6ccccc6)c6ccccc6-c6ccccc65)cc4)cc3)s2)cc1. The number of fused-ring (bicyclic) bond motifs is 6. The number of para-hydroxylation sites is 1. The minimum atomic E-state index is -0.457. The predicted molar refractivity (Wildman–Crippen MR) is 260 cm³/mol. The fraction of sp³-hybridized carbons (Fsp3) is 0.0169. The van der Waals surface area contributed by atoms with Gasteiger partial charge in [-0.15, -0.1) is 11.3 Å². The van der Waals surface area contributed by atoms with E-state index in [0.717, 1.165) is 50.1 Å². The smallest absolute Gasteiger partial charge is 0.135 e. The van der Waals surface area contributed by atoms with Gasteiger partial charge in [0.25, 0.3) is 0 Å². The molecule has 0 amide bonds. The first-order valence-corrected chi connectivity index (χ1v) is 22.0. The van der Waals surface area contributed by atoms with Crippen molar-refractivity contribution in [1.29, 1.82) is 0 Å². The average molecular weight is 810 g/mol. The summed E-state index contributed by atoms with van der Waals surface area (Å²) in [6, 6.07) is 86.0. The molecule has 12 rings (SSSR count). The van der Waals surface area contributed by atoms with Gasteiger partial charge in [0.1, 0.15) is 11.2 Å². The number of benzene rings is 9. The number of nitrogens with zero attached hydrogens (tertiary/aromatic N) is 1. The Balaban J connectivity index is 0.962. The van der Waals surface area contributed by atoms with E-state index < -0.39 is 5.41 Å². The molecular formula is C59H39NOS. The largest absolute Gasteiger partial charge is 0.456 e. The summed E-state index contributed by atoms with van der Waals surface area (Å²) in [7, 11) is 0. The molecule has 2 aromatic heterocycles. The van der Waals surface area contributed by atoms with E-state index in [1.54, 1.807) is 0 Å². The summed E-state index contributed by atoms with van der Waals surface area (Å²) in [5.74, 6) is 0. The van der Waals surface area contributed by atoms with Crippen LogP contribution in [0, 0.1) is 0 Å². The van der Waals surface area contributed by atoms with E-state index in [9.17, 15) is 0 Å². The van der Waals surface area contributed by atoms with Crippen LogP contribution in [-0.4, -0.2) is 0 Å².